The highest BCUT2D eigenvalue weighted by Crippen LogP contribution is 2.38. The van der Waals surface area contributed by atoms with Gasteiger partial charge in [0.15, 0.2) is 5.82 Å². The summed E-state index contributed by atoms with van der Waals surface area (Å²) >= 11 is 1.81. The van der Waals surface area contributed by atoms with Crippen LogP contribution in [-0.4, -0.2) is 9.97 Å². The first-order chi connectivity index (χ1) is 22.2. The summed E-state index contributed by atoms with van der Waals surface area (Å²) in [6.07, 6.45) is 0. The predicted molar refractivity (Wildman–Crippen MR) is 186 cm³/mol. The molecular formula is C40H22N2O2S. The molecule has 210 valence electrons. The van der Waals surface area contributed by atoms with Crippen molar-refractivity contribution in [2.45, 2.75) is 0 Å². The van der Waals surface area contributed by atoms with Crippen molar-refractivity contribution in [3.8, 4) is 33.9 Å². The Kier molecular flexibility index (Phi) is 5.12. The first-order valence-electron chi connectivity index (χ1n) is 14.9. The minimum absolute atomic E-state index is 0.651. The maximum absolute atomic E-state index is 6.24. The summed E-state index contributed by atoms with van der Waals surface area (Å²) < 4.78 is 14.9. The quantitative estimate of drug-likeness (QED) is 0.204. The number of hydrogen-bond donors (Lipinski definition) is 0. The SMILES string of the molecule is c1ccc2c(c1)oc1cc(-c3nc(-c4ccc5c(c4)sc4ccccc45)cc(-c4ccc5oc6ccccc6c5c4)n3)ccc12. The Morgan fingerprint density at radius 1 is 0.378 bits per heavy atom. The van der Waals surface area contributed by atoms with Gasteiger partial charge in [-0.15, -0.1) is 11.3 Å². The van der Waals surface area contributed by atoms with Crippen molar-refractivity contribution < 1.29 is 8.83 Å². The van der Waals surface area contributed by atoms with Crippen molar-refractivity contribution in [3.63, 3.8) is 0 Å². The van der Waals surface area contributed by atoms with E-state index in [-0.39, 0.29) is 0 Å². The summed E-state index contributed by atoms with van der Waals surface area (Å²) in [6.45, 7) is 0. The van der Waals surface area contributed by atoms with Gasteiger partial charge in [0, 0.05) is 58.4 Å². The van der Waals surface area contributed by atoms with Crippen LogP contribution >= 0.6 is 11.3 Å². The molecule has 0 aliphatic heterocycles. The fourth-order valence-electron chi connectivity index (χ4n) is 6.51. The molecule has 0 atom stereocenters. The molecule has 0 saturated carbocycles. The van der Waals surface area contributed by atoms with Gasteiger partial charge in [0.1, 0.15) is 22.3 Å². The number of para-hydroxylation sites is 2. The molecule has 0 spiro atoms. The maximum atomic E-state index is 6.24. The van der Waals surface area contributed by atoms with E-state index in [4.69, 9.17) is 18.8 Å². The van der Waals surface area contributed by atoms with E-state index in [1.54, 1.807) is 0 Å². The summed E-state index contributed by atoms with van der Waals surface area (Å²) in [5.41, 5.74) is 8.12. The molecule has 10 rings (SSSR count). The molecule has 0 fully saturated rings. The second-order valence-corrected chi connectivity index (χ2v) is 12.5. The van der Waals surface area contributed by atoms with Crippen LogP contribution in [-0.2, 0) is 0 Å². The number of nitrogens with zero attached hydrogens (tertiary/aromatic N) is 2. The second kappa shape index (κ2) is 9.36. The number of thiophene rings is 1. The average molecular weight is 595 g/mol. The number of fused-ring (bicyclic) bond motifs is 9. The van der Waals surface area contributed by atoms with Crippen molar-refractivity contribution in [2.24, 2.45) is 0 Å². The van der Waals surface area contributed by atoms with Gasteiger partial charge in [0.2, 0.25) is 0 Å². The summed E-state index contributed by atoms with van der Waals surface area (Å²) in [4.78, 5) is 10.3. The number of aromatic nitrogens is 2. The average Bonchev–Trinajstić information content (AvgIpc) is 3.78. The molecule has 6 aromatic carbocycles. The van der Waals surface area contributed by atoms with Crippen LogP contribution < -0.4 is 0 Å². The van der Waals surface area contributed by atoms with Crippen molar-refractivity contribution in [3.05, 3.63) is 133 Å². The molecule has 0 bridgehead atoms. The summed E-state index contributed by atoms with van der Waals surface area (Å²) in [5.74, 6) is 0.651. The van der Waals surface area contributed by atoms with Crippen molar-refractivity contribution in [1.82, 2.24) is 9.97 Å². The molecule has 0 aliphatic carbocycles. The molecule has 4 nitrogen and oxygen atoms in total. The Morgan fingerprint density at radius 3 is 1.76 bits per heavy atom. The molecule has 0 aliphatic rings. The number of benzene rings is 6. The van der Waals surface area contributed by atoms with Crippen LogP contribution in [0.5, 0.6) is 0 Å². The molecule has 4 aromatic heterocycles. The monoisotopic (exact) mass is 594 g/mol. The van der Waals surface area contributed by atoms with E-state index in [0.717, 1.165) is 72.0 Å². The minimum Gasteiger partial charge on any atom is -0.456 e. The molecule has 0 saturated heterocycles. The van der Waals surface area contributed by atoms with E-state index in [1.165, 1.54) is 20.2 Å². The lowest BCUT2D eigenvalue weighted by Crippen LogP contribution is -1.96. The van der Waals surface area contributed by atoms with Crippen LogP contribution in [0.3, 0.4) is 0 Å². The fourth-order valence-corrected chi connectivity index (χ4v) is 7.65. The van der Waals surface area contributed by atoms with Crippen LogP contribution in [0.15, 0.2) is 142 Å². The lowest BCUT2D eigenvalue weighted by atomic mass is 10.0. The van der Waals surface area contributed by atoms with Crippen molar-refractivity contribution >= 4 is 75.4 Å². The van der Waals surface area contributed by atoms with Gasteiger partial charge >= 0.3 is 0 Å². The van der Waals surface area contributed by atoms with Gasteiger partial charge in [0.05, 0.1) is 11.4 Å². The highest BCUT2D eigenvalue weighted by atomic mass is 32.1. The van der Waals surface area contributed by atoms with Crippen LogP contribution in [0, 0.1) is 0 Å². The number of rotatable bonds is 3. The van der Waals surface area contributed by atoms with E-state index in [0.29, 0.717) is 5.82 Å². The molecule has 10 aromatic rings. The lowest BCUT2D eigenvalue weighted by Gasteiger charge is -2.10. The van der Waals surface area contributed by atoms with E-state index in [2.05, 4.69) is 91.0 Å². The third-order valence-corrected chi connectivity index (χ3v) is 9.84. The highest BCUT2D eigenvalue weighted by molar-refractivity contribution is 7.25. The molecule has 0 unspecified atom stereocenters. The Hall–Kier alpha value is -5.78. The predicted octanol–water partition coefficient (Wildman–Crippen LogP) is 11.6. The maximum Gasteiger partial charge on any atom is 0.160 e. The van der Waals surface area contributed by atoms with Gasteiger partial charge in [-0.2, -0.15) is 0 Å². The van der Waals surface area contributed by atoms with Crippen LogP contribution in [0.4, 0.5) is 0 Å². The minimum atomic E-state index is 0.651. The van der Waals surface area contributed by atoms with E-state index in [1.807, 2.05) is 53.8 Å². The van der Waals surface area contributed by atoms with Crippen LogP contribution in [0.1, 0.15) is 0 Å². The smallest absolute Gasteiger partial charge is 0.160 e. The first kappa shape index (κ1) is 24.6. The molecular weight excluding hydrogens is 573 g/mol. The Bertz CT molecular complexity index is 2650. The standard InChI is InChI=1S/C40H22N2O2S/c1-4-10-34-26(7-1)28-16-14-25(20-37(28)44-34)40-41-32(23-15-18-36-31(19-23)27-8-2-5-11-35(27)43-36)22-33(42-40)24-13-17-30-29-9-3-6-12-38(29)45-39(30)21-24/h1-22H. The molecule has 45 heavy (non-hydrogen) atoms. The normalized spacial score (nSPS) is 12.0. The largest absolute Gasteiger partial charge is 0.456 e. The second-order valence-electron chi connectivity index (χ2n) is 11.4. The zero-order chi connectivity index (χ0) is 29.5. The third-order valence-electron chi connectivity index (χ3n) is 8.71. The first-order valence-corrected chi connectivity index (χ1v) is 15.7. The van der Waals surface area contributed by atoms with Gasteiger partial charge < -0.3 is 8.83 Å². The van der Waals surface area contributed by atoms with E-state index < -0.39 is 0 Å². The van der Waals surface area contributed by atoms with Gasteiger partial charge in [0.25, 0.3) is 0 Å². The van der Waals surface area contributed by atoms with Gasteiger partial charge in [-0.1, -0.05) is 72.8 Å². The van der Waals surface area contributed by atoms with Crippen molar-refractivity contribution in [2.75, 3.05) is 0 Å². The third kappa shape index (κ3) is 3.84. The van der Waals surface area contributed by atoms with Crippen LogP contribution in [0.2, 0.25) is 0 Å². The van der Waals surface area contributed by atoms with Gasteiger partial charge in [-0.05, 0) is 60.7 Å². The number of furan rings is 2. The summed E-state index contributed by atoms with van der Waals surface area (Å²) in [7, 11) is 0. The Balaban J connectivity index is 1.19. The van der Waals surface area contributed by atoms with Crippen LogP contribution in [0.25, 0.3) is 98.0 Å². The summed E-state index contributed by atoms with van der Waals surface area (Å²) in [5, 5.41) is 6.90. The molecule has 0 N–H and O–H groups in total. The van der Waals surface area contributed by atoms with Gasteiger partial charge in [-0.25, -0.2) is 9.97 Å². The zero-order valence-corrected chi connectivity index (χ0v) is 24.6. The Labute approximate surface area is 260 Å². The Morgan fingerprint density at radius 2 is 0.933 bits per heavy atom. The van der Waals surface area contributed by atoms with Gasteiger partial charge in [-0.3, -0.25) is 0 Å². The molecule has 4 heterocycles. The van der Waals surface area contributed by atoms with E-state index >= 15 is 0 Å². The topological polar surface area (TPSA) is 52.1 Å². The number of hydrogen-bond acceptors (Lipinski definition) is 5. The molecule has 0 amide bonds. The highest BCUT2D eigenvalue weighted by Gasteiger charge is 2.16. The zero-order valence-electron chi connectivity index (χ0n) is 23.8. The summed E-state index contributed by atoms with van der Waals surface area (Å²) in [6, 6.07) is 46.2. The van der Waals surface area contributed by atoms with E-state index in [9.17, 15) is 0 Å². The molecule has 5 heteroatoms. The fraction of sp³-hybridized carbons (Fsp3) is 0. The lowest BCUT2D eigenvalue weighted by molar-refractivity contribution is 0.668. The molecule has 0 radical (unpaired) electrons. The van der Waals surface area contributed by atoms with Crippen molar-refractivity contribution in [1.29, 1.82) is 0 Å².